The molecule has 0 bridgehead atoms. The van der Waals surface area contributed by atoms with Crippen molar-refractivity contribution in [2.45, 2.75) is 97.1 Å². The third-order valence-electron chi connectivity index (χ3n) is 4.73. The van der Waals surface area contributed by atoms with Crippen LogP contribution in [-0.2, 0) is 14.4 Å². The number of carboxylic acids is 1. The van der Waals surface area contributed by atoms with Crippen molar-refractivity contribution in [1.29, 1.82) is 0 Å². The average Bonchev–Trinajstić information content (AvgIpc) is 2.60. The highest BCUT2D eigenvalue weighted by Crippen LogP contribution is 2.12. The molecular formula is C20H39N3O4. The van der Waals surface area contributed by atoms with E-state index in [1.807, 2.05) is 0 Å². The Morgan fingerprint density at radius 3 is 1.81 bits per heavy atom. The van der Waals surface area contributed by atoms with Gasteiger partial charge >= 0.3 is 5.97 Å². The van der Waals surface area contributed by atoms with Crippen LogP contribution < -0.4 is 11.1 Å². The Labute approximate surface area is 164 Å². The molecule has 7 heteroatoms. The zero-order valence-electron chi connectivity index (χ0n) is 17.4. The molecule has 0 fully saturated rings. The molecule has 158 valence electrons. The molecule has 4 N–H and O–H groups in total. The van der Waals surface area contributed by atoms with Crippen LogP contribution in [0.1, 0.15) is 91.4 Å². The maximum absolute atomic E-state index is 12.5. The van der Waals surface area contributed by atoms with Gasteiger partial charge in [0.1, 0.15) is 0 Å². The van der Waals surface area contributed by atoms with Gasteiger partial charge in [-0.25, -0.2) is 0 Å². The first-order valence-corrected chi connectivity index (χ1v) is 10.4. The highest BCUT2D eigenvalue weighted by Gasteiger charge is 2.40. The second-order valence-electron chi connectivity index (χ2n) is 7.15. The van der Waals surface area contributed by atoms with Crippen molar-refractivity contribution < 1.29 is 19.5 Å². The van der Waals surface area contributed by atoms with E-state index in [0.29, 0.717) is 19.5 Å². The van der Waals surface area contributed by atoms with Gasteiger partial charge < -0.3 is 21.1 Å². The molecule has 0 spiro atoms. The first-order valence-electron chi connectivity index (χ1n) is 10.4. The summed E-state index contributed by atoms with van der Waals surface area (Å²) in [5.74, 6) is -2.15. The number of hydrogen-bond donors (Lipinski definition) is 3. The molecule has 0 aliphatic carbocycles. The number of amides is 2. The molecule has 0 saturated carbocycles. The normalized spacial score (nSPS) is 13.0. The number of carbonyl (C=O) groups excluding carboxylic acids is 2. The van der Waals surface area contributed by atoms with Gasteiger partial charge in [0.25, 0.3) is 5.91 Å². The summed E-state index contributed by atoms with van der Waals surface area (Å²) < 4.78 is 0. The molecule has 7 nitrogen and oxygen atoms in total. The standard InChI is InChI=1S/C20H39N3O4/c1-4-7-8-9-10-11-12-13-14-15-17(24)22-20(21,16-18(25)26)19(27)23(5-2)6-3/h4-16,21H2,1-3H3,(H,22,24)(H,25,26)/t20-/m1/s1. The zero-order chi connectivity index (χ0) is 20.7. The van der Waals surface area contributed by atoms with Crippen LogP contribution in [0.3, 0.4) is 0 Å². The lowest BCUT2D eigenvalue weighted by molar-refractivity contribution is -0.148. The van der Waals surface area contributed by atoms with E-state index in [1.165, 1.54) is 43.4 Å². The molecule has 0 aliphatic heterocycles. The number of carbonyl (C=O) groups is 3. The Bertz CT molecular complexity index is 453. The van der Waals surface area contributed by atoms with Crippen molar-refractivity contribution in [2.24, 2.45) is 5.73 Å². The summed E-state index contributed by atoms with van der Waals surface area (Å²) in [6.45, 7) is 6.58. The SMILES string of the molecule is CCCCCCCCCCCC(=O)N[C@](N)(CC(=O)O)C(=O)N(CC)CC. The van der Waals surface area contributed by atoms with E-state index < -0.39 is 24.0 Å². The van der Waals surface area contributed by atoms with Crippen LogP contribution in [0.2, 0.25) is 0 Å². The highest BCUT2D eigenvalue weighted by molar-refractivity contribution is 5.94. The molecule has 0 radical (unpaired) electrons. The number of nitrogens with one attached hydrogen (secondary N) is 1. The predicted octanol–water partition coefficient (Wildman–Crippen LogP) is 3.02. The quantitative estimate of drug-likeness (QED) is 0.279. The molecule has 0 unspecified atom stereocenters. The molecule has 2 amide bonds. The molecular weight excluding hydrogens is 346 g/mol. The van der Waals surface area contributed by atoms with E-state index in [2.05, 4.69) is 12.2 Å². The number of likely N-dealkylation sites (N-methyl/N-ethyl adjacent to an activating group) is 1. The average molecular weight is 386 g/mol. The molecule has 0 aromatic rings. The van der Waals surface area contributed by atoms with Crippen LogP contribution in [0, 0.1) is 0 Å². The molecule has 0 saturated heterocycles. The van der Waals surface area contributed by atoms with Gasteiger partial charge in [-0.15, -0.1) is 0 Å². The molecule has 0 rings (SSSR count). The minimum atomic E-state index is -1.89. The second-order valence-corrected chi connectivity index (χ2v) is 7.15. The minimum absolute atomic E-state index is 0.250. The number of carboxylic acid groups (broad SMARTS) is 1. The largest absolute Gasteiger partial charge is 0.481 e. The van der Waals surface area contributed by atoms with Crippen molar-refractivity contribution in [3.63, 3.8) is 0 Å². The first-order chi connectivity index (χ1) is 12.8. The van der Waals surface area contributed by atoms with Gasteiger partial charge in [-0.3, -0.25) is 14.4 Å². The number of aliphatic carboxylic acids is 1. The summed E-state index contributed by atoms with van der Waals surface area (Å²) in [4.78, 5) is 37.3. The lowest BCUT2D eigenvalue weighted by Gasteiger charge is -2.33. The van der Waals surface area contributed by atoms with Gasteiger partial charge in [0.15, 0.2) is 5.66 Å². The fourth-order valence-corrected chi connectivity index (χ4v) is 3.11. The number of unbranched alkanes of at least 4 members (excludes halogenated alkanes) is 8. The van der Waals surface area contributed by atoms with Gasteiger partial charge in [-0.2, -0.15) is 0 Å². The van der Waals surface area contributed by atoms with Crippen molar-refractivity contribution in [2.75, 3.05) is 13.1 Å². The summed E-state index contributed by atoms with van der Waals surface area (Å²) in [7, 11) is 0. The molecule has 0 aromatic heterocycles. The van der Waals surface area contributed by atoms with Gasteiger partial charge in [0, 0.05) is 19.5 Å². The topological polar surface area (TPSA) is 113 Å². The Hall–Kier alpha value is -1.63. The van der Waals surface area contributed by atoms with Gasteiger partial charge in [0.2, 0.25) is 5.91 Å². The third-order valence-corrected chi connectivity index (χ3v) is 4.73. The lowest BCUT2D eigenvalue weighted by Crippen LogP contribution is -2.66. The van der Waals surface area contributed by atoms with Crippen LogP contribution in [-0.4, -0.2) is 46.5 Å². The van der Waals surface area contributed by atoms with Crippen LogP contribution in [0.4, 0.5) is 0 Å². The first kappa shape index (κ1) is 25.4. The molecule has 0 heterocycles. The Kier molecular flexibility index (Phi) is 13.6. The van der Waals surface area contributed by atoms with E-state index in [1.54, 1.807) is 13.8 Å². The molecule has 0 aromatic carbocycles. The van der Waals surface area contributed by atoms with Crippen molar-refractivity contribution in [3.8, 4) is 0 Å². The van der Waals surface area contributed by atoms with Crippen LogP contribution in [0.25, 0.3) is 0 Å². The lowest BCUT2D eigenvalue weighted by atomic mass is 10.0. The van der Waals surface area contributed by atoms with Crippen LogP contribution in [0.15, 0.2) is 0 Å². The molecule has 0 aliphatic rings. The van der Waals surface area contributed by atoms with Crippen molar-refractivity contribution >= 4 is 17.8 Å². The summed E-state index contributed by atoms with van der Waals surface area (Å²) in [6, 6.07) is 0. The summed E-state index contributed by atoms with van der Waals surface area (Å²) in [5, 5.41) is 11.6. The number of nitrogens with zero attached hydrogens (tertiary/aromatic N) is 1. The Morgan fingerprint density at radius 2 is 1.37 bits per heavy atom. The smallest absolute Gasteiger partial charge is 0.307 e. The van der Waals surface area contributed by atoms with Crippen LogP contribution >= 0.6 is 0 Å². The van der Waals surface area contributed by atoms with E-state index >= 15 is 0 Å². The fraction of sp³-hybridized carbons (Fsp3) is 0.850. The Morgan fingerprint density at radius 1 is 0.889 bits per heavy atom. The Balaban J connectivity index is 4.34. The maximum Gasteiger partial charge on any atom is 0.307 e. The second kappa shape index (κ2) is 14.4. The van der Waals surface area contributed by atoms with E-state index in [0.717, 1.165) is 12.8 Å². The number of nitrogens with two attached hydrogens (primary N) is 1. The highest BCUT2D eigenvalue weighted by atomic mass is 16.4. The molecule has 27 heavy (non-hydrogen) atoms. The zero-order valence-corrected chi connectivity index (χ0v) is 17.4. The summed E-state index contributed by atoms with van der Waals surface area (Å²) in [6.07, 6.45) is 9.87. The van der Waals surface area contributed by atoms with Crippen molar-refractivity contribution in [3.05, 3.63) is 0 Å². The summed E-state index contributed by atoms with van der Waals surface area (Å²) in [5.41, 5.74) is 4.11. The third kappa shape index (κ3) is 11.0. The monoisotopic (exact) mass is 385 g/mol. The van der Waals surface area contributed by atoms with E-state index in [9.17, 15) is 14.4 Å². The van der Waals surface area contributed by atoms with E-state index in [-0.39, 0.29) is 12.3 Å². The molecule has 1 atom stereocenters. The van der Waals surface area contributed by atoms with Crippen molar-refractivity contribution in [1.82, 2.24) is 10.2 Å². The van der Waals surface area contributed by atoms with Crippen LogP contribution in [0.5, 0.6) is 0 Å². The number of hydrogen-bond acceptors (Lipinski definition) is 4. The van der Waals surface area contributed by atoms with Gasteiger partial charge in [-0.1, -0.05) is 58.3 Å². The number of rotatable bonds is 16. The van der Waals surface area contributed by atoms with Gasteiger partial charge in [-0.05, 0) is 20.3 Å². The minimum Gasteiger partial charge on any atom is -0.481 e. The maximum atomic E-state index is 12.5. The fourth-order valence-electron chi connectivity index (χ4n) is 3.11. The van der Waals surface area contributed by atoms with Gasteiger partial charge in [0.05, 0.1) is 6.42 Å². The van der Waals surface area contributed by atoms with E-state index in [4.69, 9.17) is 10.8 Å². The summed E-state index contributed by atoms with van der Waals surface area (Å²) >= 11 is 0. The predicted molar refractivity (Wildman–Crippen MR) is 107 cm³/mol.